The fraction of sp³-hybridized carbons (Fsp3) is 0.438. The van der Waals surface area contributed by atoms with Gasteiger partial charge in [0.1, 0.15) is 0 Å². The fourth-order valence-electron chi connectivity index (χ4n) is 2.38. The molecule has 1 aromatic carbocycles. The van der Waals surface area contributed by atoms with E-state index >= 15 is 0 Å². The number of nitrogens with zero attached hydrogens (tertiary/aromatic N) is 3. The van der Waals surface area contributed by atoms with Gasteiger partial charge < -0.3 is 9.88 Å². The summed E-state index contributed by atoms with van der Waals surface area (Å²) in [5.74, 6) is 0. The predicted octanol–water partition coefficient (Wildman–Crippen LogP) is 2.71. The Morgan fingerprint density at radius 3 is 2.75 bits per heavy atom. The van der Waals surface area contributed by atoms with Gasteiger partial charge in [-0.25, -0.2) is 0 Å². The van der Waals surface area contributed by atoms with Crippen molar-refractivity contribution in [1.29, 1.82) is 0 Å². The maximum Gasteiger partial charge on any atom is 0.0607 e. The Bertz CT molecular complexity index is 583. The lowest BCUT2D eigenvalue weighted by atomic mass is 10.1. The molecule has 108 valence electrons. The molecule has 1 N–H and O–H groups in total. The van der Waals surface area contributed by atoms with Gasteiger partial charge in [-0.15, -0.1) is 0 Å². The van der Waals surface area contributed by atoms with Crippen molar-refractivity contribution in [3.8, 4) is 0 Å². The van der Waals surface area contributed by atoms with Crippen LogP contribution < -0.4 is 0 Å². The Kier molecular flexibility index (Phi) is 4.79. The molecule has 0 aliphatic rings. The van der Waals surface area contributed by atoms with Crippen LogP contribution >= 0.6 is 0 Å². The van der Waals surface area contributed by atoms with Gasteiger partial charge in [-0.3, -0.25) is 5.01 Å². The van der Waals surface area contributed by atoms with E-state index in [9.17, 15) is 0 Å². The molecule has 4 nitrogen and oxygen atoms in total. The second kappa shape index (κ2) is 6.57. The summed E-state index contributed by atoms with van der Waals surface area (Å²) in [4.78, 5) is 5.57. The van der Waals surface area contributed by atoms with Crippen molar-refractivity contribution in [3.63, 3.8) is 0 Å². The van der Waals surface area contributed by atoms with Gasteiger partial charge in [0, 0.05) is 36.9 Å². The third kappa shape index (κ3) is 3.61. The molecule has 0 unspecified atom stereocenters. The smallest absolute Gasteiger partial charge is 0.0607 e. The standard InChI is InChI=1S/C16H24N4/c1-5-18-20(4)12-13-6-7-16-15(10-13)14(11-17-16)8-9-19(2)3/h5-7,10-11,17H,8-9,12H2,1-4H3/b18-5-. The van der Waals surface area contributed by atoms with E-state index in [1.54, 1.807) is 0 Å². The molecule has 2 rings (SSSR count). The number of hydrazone groups is 1. The molecule has 0 aliphatic heterocycles. The third-order valence-corrected chi connectivity index (χ3v) is 3.38. The average molecular weight is 272 g/mol. The van der Waals surface area contributed by atoms with Gasteiger partial charge in [0.05, 0.1) is 6.54 Å². The van der Waals surface area contributed by atoms with Gasteiger partial charge in [0.25, 0.3) is 0 Å². The highest BCUT2D eigenvalue weighted by Gasteiger charge is 2.06. The van der Waals surface area contributed by atoms with E-state index in [0.29, 0.717) is 0 Å². The number of fused-ring (bicyclic) bond motifs is 1. The van der Waals surface area contributed by atoms with Gasteiger partial charge in [-0.2, -0.15) is 5.10 Å². The zero-order valence-corrected chi connectivity index (χ0v) is 12.8. The van der Waals surface area contributed by atoms with Crippen LogP contribution in [0, 0.1) is 0 Å². The van der Waals surface area contributed by atoms with Crippen molar-refractivity contribution >= 4 is 17.1 Å². The minimum Gasteiger partial charge on any atom is -0.361 e. The molecule has 2 aromatic rings. The Hall–Kier alpha value is -1.81. The SMILES string of the molecule is C/C=N\N(C)Cc1ccc2[nH]cc(CCN(C)C)c2c1. The van der Waals surface area contributed by atoms with E-state index in [-0.39, 0.29) is 0 Å². The van der Waals surface area contributed by atoms with E-state index in [0.717, 1.165) is 19.5 Å². The van der Waals surface area contributed by atoms with Crippen LogP contribution in [-0.4, -0.2) is 48.8 Å². The van der Waals surface area contributed by atoms with Crippen LogP contribution in [0.4, 0.5) is 0 Å². The largest absolute Gasteiger partial charge is 0.361 e. The Morgan fingerprint density at radius 2 is 2.05 bits per heavy atom. The molecule has 0 spiro atoms. The number of rotatable bonds is 6. The van der Waals surface area contributed by atoms with Crippen LogP contribution in [0.25, 0.3) is 10.9 Å². The first-order valence-electron chi connectivity index (χ1n) is 7.03. The fourth-order valence-corrected chi connectivity index (χ4v) is 2.38. The predicted molar refractivity (Wildman–Crippen MR) is 86.2 cm³/mol. The first kappa shape index (κ1) is 14.6. The van der Waals surface area contributed by atoms with Crippen molar-refractivity contribution in [1.82, 2.24) is 14.9 Å². The molecule has 0 saturated heterocycles. The molecule has 1 heterocycles. The lowest BCUT2D eigenvalue weighted by Gasteiger charge is -2.13. The lowest BCUT2D eigenvalue weighted by molar-refractivity contribution is 0.349. The van der Waals surface area contributed by atoms with Crippen LogP contribution in [-0.2, 0) is 13.0 Å². The molecule has 0 saturated carbocycles. The van der Waals surface area contributed by atoms with Crippen molar-refractivity contribution in [2.75, 3.05) is 27.7 Å². The first-order chi connectivity index (χ1) is 9.60. The second-order valence-corrected chi connectivity index (χ2v) is 5.44. The van der Waals surface area contributed by atoms with E-state index in [2.05, 4.69) is 53.5 Å². The van der Waals surface area contributed by atoms with Crippen LogP contribution in [0.3, 0.4) is 0 Å². The van der Waals surface area contributed by atoms with Gasteiger partial charge in [-0.05, 0) is 50.7 Å². The summed E-state index contributed by atoms with van der Waals surface area (Å²) in [7, 11) is 6.21. The Morgan fingerprint density at radius 1 is 1.25 bits per heavy atom. The summed E-state index contributed by atoms with van der Waals surface area (Å²) in [5.41, 5.74) is 3.89. The number of likely N-dealkylation sites (N-methyl/N-ethyl adjacent to an activating group) is 1. The third-order valence-electron chi connectivity index (χ3n) is 3.38. The molecular formula is C16H24N4. The zero-order chi connectivity index (χ0) is 14.5. The number of hydrogen-bond donors (Lipinski definition) is 1. The maximum atomic E-state index is 4.26. The molecule has 20 heavy (non-hydrogen) atoms. The summed E-state index contributed by atoms with van der Waals surface area (Å²) in [6.45, 7) is 3.83. The Labute approximate surface area is 121 Å². The molecule has 1 aromatic heterocycles. The van der Waals surface area contributed by atoms with Crippen LogP contribution in [0.5, 0.6) is 0 Å². The van der Waals surface area contributed by atoms with E-state index < -0.39 is 0 Å². The number of aromatic amines is 1. The summed E-state index contributed by atoms with van der Waals surface area (Å²) >= 11 is 0. The summed E-state index contributed by atoms with van der Waals surface area (Å²) < 4.78 is 0. The second-order valence-electron chi connectivity index (χ2n) is 5.44. The van der Waals surface area contributed by atoms with Crippen LogP contribution in [0.1, 0.15) is 18.1 Å². The van der Waals surface area contributed by atoms with Gasteiger partial charge in [-0.1, -0.05) is 6.07 Å². The first-order valence-corrected chi connectivity index (χ1v) is 7.03. The van der Waals surface area contributed by atoms with Gasteiger partial charge in [0.2, 0.25) is 0 Å². The molecule has 4 heteroatoms. The molecule has 0 radical (unpaired) electrons. The van der Waals surface area contributed by atoms with E-state index in [1.807, 2.05) is 25.2 Å². The zero-order valence-electron chi connectivity index (χ0n) is 12.8. The number of aromatic nitrogens is 1. The molecule has 0 fully saturated rings. The molecular weight excluding hydrogens is 248 g/mol. The number of H-pyrrole nitrogens is 1. The number of hydrogen-bond acceptors (Lipinski definition) is 3. The van der Waals surface area contributed by atoms with Crippen LogP contribution in [0.15, 0.2) is 29.5 Å². The quantitative estimate of drug-likeness (QED) is 0.648. The van der Waals surface area contributed by atoms with Crippen molar-refractivity contribution in [2.45, 2.75) is 19.9 Å². The van der Waals surface area contributed by atoms with E-state index in [1.165, 1.54) is 22.0 Å². The van der Waals surface area contributed by atoms with Crippen LogP contribution in [0.2, 0.25) is 0 Å². The summed E-state index contributed by atoms with van der Waals surface area (Å²) in [5, 5.41) is 7.55. The summed E-state index contributed by atoms with van der Waals surface area (Å²) in [6.07, 6.45) is 5.02. The molecule has 0 amide bonds. The lowest BCUT2D eigenvalue weighted by Crippen LogP contribution is -2.14. The Balaban J connectivity index is 2.20. The average Bonchev–Trinajstić information content (AvgIpc) is 2.79. The monoisotopic (exact) mass is 272 g/mol. The minimum atomic E-state index is 0.832. The van der Waals surface area contributed by atoms with Gasteiger partial charge >= 0.3 is 0 Å². The minimum absolute atomic E-state index is 0.832. The van der Waals surface area contributed by atoms with Gasteiger partial charge in [0.15, 0.2) is 0 Å². The molecule has 0 atom stereocenters. The van der Waals surface area contributed by atoms with Crippen molar-refractivity contribution in [3.05, 3.63) is 35.5 Å². The highest BCUT2D eigenvalue weighted by molar-refractivity contribution is 5.83. The normalized spacial score (nSPS) is 11.8. The van der Waals surface area contributed by atoms with Crippen molar-refractivity contribution in [2.24, 2.45) is 5.10 Å². The molecule has 0 bridgehead atoms. The van der Waals surface area contributed by atoms with Crippen molar-refractivity contribution < 1.29 is 0 Å². The highest BCUT2D eigenvalue weighted by atomic mass is 15.4. The highest BCUT2D eigenvalue weighted by Crippen LogP contribution is 2.21. The van der Waals surface area contributed by atoms with E-state index in [4.69, 9.17) is 0 Å². The summed E-state index contributed by atoms with van der Waals surface area (Å²) in [6, 6.07) is 6.60. The maximum absolute atomic E-state index is 4.26. The topological polar surface area (TPSA) is 34.6 Å². The number of benzene rings is 1. The molecule has 0 aliphatic carbocycles. The number of nitrogens with one attached hydrogen (secondary N) is 1.